The van der Waals surface area contributed by atoms with Crippen LogP contribution in [0.4, 0.5) is 5.88 Å². The Kier molecular flexibility index (Phi) is 2.97. The number of amides is 1. The number of aryl methyl sites for hydroxylation is 1. The zero-order valence-electron chi connectivity index (χ0n) is 9.61. The summed E-state index contributed by atoms with van der Waals surface area (Å²) in [6, 6.07) is 3.23. The van der Waals surface area contributed by atoms with Crippen molar-refractivity contribution in [3.8, 4) is 0 Å². The fraction of sp³-hybridized carbons (Fsp3) is 0.273. The lowest BCUT2D eigenvalue weighted by atomic mass is 10.3. The summed E-state index contributed by atoms with van der Waals surface area (Å²) in [4.78, 5) is 11.8. The molecule has 0 saturated heterocycles. The van der Waals surface area contributed by atoms with Gasteiger partial charge in [-0.1, -0.05) is 5.16 Å². The quantitative estimate of drug-likeness (QED) is 0.842. The Morgan fingerprint density at radius 2 is 2.24 bits per heavy atom. The Morgan fingerprint density at radius 1 is 1.47 bits per heavy atom. The molecule has 6 nitrogen and oxygen atoms in total. The number of furan rings is 1. The predicted octanol–water partition coefficient (Wildman–Crippen LogP) is 1.60. The summed E-state index contributed by atoms with van der Waals surface area (Å²) in [7, 11) is 0. The first-order valence-corrected chi connectivity index (χ1v) is 5.15. The zero-order chi connectivity index (χ0) is 12.4. The second-order valence-electron chi connectivity index (χ2n) is 3.65. The van der Waals surface area contributed by atoms with Crippen molar-refractivity contribution in [2.45, 2.75) is 20.4 Å². The number of aromatic nitrogens is 1. The topological polar surface area (TPSA) is 94.3 Å². The Balaban J connectivity index is 2.14. The predicted molar refractivity (Wildman–Crippen MR) is 60.5 cm³/mol. The maximum absolute atomic E-state index is 11.8. The standard InChI is InChI=1S/C11H13N3O3/c1-6-7(2)14-17-11(6)13-10(15)9-4-3-8(5-12)16-9/h3-4H,5,12H2,1-2H3,(H,13,15). The third kappa shape index (κ3) is 2.21. The minimum atomic E-state index is -0.385. The highest BCUT2D eigenvalue weighted by molar-refractivity contribution is 6.01. The normalized spacial score (nSPS) is 10.5. The fourth-order valence-corrected chi connectivity index (χ4v) is 1.31. The Bertz CT molecular complexity index is 542. The van der Waals surface area contributed by atoms with Crippen LogP contribution in [0.1, 0.15) is 27.6 Å². The molecule has 2 heterocycles. The van der Waals surface area contributed by atoms with E-state index >= 15 is 0 Å². The van der Waals surface area contributed by atoms with E-state index in [-0.39, 0.29) is 18.2 Å². The van der Waals surface area contributed by atoms with E-state index in [2.05, 4.69) is 10.5 Å². The van der Waals surface area contributed by atoms with Crippen LogP contribution in [0.3, 0.4) is 0 Å². The van der Waals surface area contributed by atoms with Crippen molar-refractivity contribution in [1.82, 2.24) is 5.16 Å². The van der Waals surface area contributed by atoms with E-state index in [1.165, 1.54) is 0 Å². The minimum absolute atomic E-state index is 0.193. The van der Waals surface area contributed by atoms with Gasteiger partial charge in [-0.2, -0.15) is 0 Å². The van der Waals surface area contributed by atoms with E-state index in [9.17, 15) is 4.79 Å². The molecule has 2 aromatic rings. The first kappa shape index (κ1) is 11.4. The average molecular weight is 235 g/mol. The highest BCUT2D eigenvalue weighted by Gasteiger charge is 2.15. The molecule has 90 valence electrons. The van der Waals surface area contributed by atoms with E-state index in [0.717, 1.165) is 11.3 Å². The van der Waals surface area contributed by atoms with Gasteiger partial charge in [0.25, 0.3) is 5.91 Å². The first-order valence-electron chi connectivity index (χ1n) is 5.15. The molecule has 0 saturated carbocycles. The first-order chi connectivity index (χ1) is 8.11. The van der Waals surface area contributed by atoms with Crippen LogP contribution >= 0.6 is 0 Å². The summed E-state index contributed by atoms with van der Waals surface area (Å²) >= 11 is 0. The molecule has 0 fully saturated rings. The lowest BCUT2D eigenvalue weighted by molar-refractivity contribution is 0.0991. The average Bonchev–Trinajstić information content (AvgIpc) is 2.91. The van der Waals surface area contributed by atoms with Crippen molar-refractivity contribution < 1.29 is 13.7 Å². The van der Waals surface area contributed by atoms with Gasteiger partial charge < -0.3 is 14.7 Å². The zero-order valence-corrected chi connectivity index (χ0v) is 9.61. The molecule has 0 aromatic carbocycles. The Labute approximate surface area is 97.8 Å². The molecule has 0 aliphatic carbocycles. The van der Waals surface area contributed by atoms with Crippen LogP contribution in [0.15, 0.2) is 21.1 Å². The van der Waals surface area contributed by atoms with Crippen LogP contribution in [0, 0.1) is 13.8 Å². The van der Waals surface area contributed by atoms with Crippen LogP contribution in [-0.4, -0.2) is 11.1 Å². The number of nitrogens with one attached hydrogen (secondary N) is 1. The number of hydrogen-bond acceptors (Lipinski definition) is 5. The van der Waals surface area contributed by atoms with Crippen molar-refractivity contribution in [3.63, 3.8) is 0 Å². The molecule has 0 aliphatic heterocycles. The number of hydrogen-bond donors (Lipinski definition) is 2. The third-order valence-electron chi connectivity index (χ3n) is 2.47. The minimum Gasteiger partial charge on any atom is -0.455 e. The van der Waals surface area contributed by atoms with Gasteiger partial charge in [0.1, 0.15) is 5.76 Å². The lowest BCUT2D eigenvalue weighted by Gasteiger charge is -1.98. The van der Waals surface area contributed by atoms with Gasteiger partial charge in [-0.05, 0) is 26.0 Å². The summed E-state index contributed by atoms with van der Waals surface area (Å²) < 4.78 is 10.2. The van der Waals surface area contributed by atoms with Gasteiger partial charge in [-0.3, -0.25) is 10.1 Å². The van der Waals surface area contributed by atoms with E-state index in [1.54, 1.807) is 19.1 Å². The van der Waals surface area contributed by atoms with E-state index < -0.39 is 0 Å². The molecule has 3 N–H and O–H groups in total. The van der Waals surface area contributed by atoms with Crippen molar-refractivity contribution in [2.75, 3.05) is 5.32 Å². The molecule has 0 radical (unpaired) electrons. The third-order valence-corrected chi connectivity index (χ3v) is 2.47. The van der Waals surface area contributed by atoms with Crippen molar-refractivity contribution >= 4 is 11.8 Å². The van der Waals surface area contributed by atoms with Crippen LogP contribution in [-0.2, 0) is 6.54 Å². The Morgan fingerprint density at radius 3 is 2.76 bits per heavy atom. The van der Waals surface area contributed by atoms with Crippen LogP contribution in [0.5, 0.6) is 0 Å². The molecule has 2 rings (SSSR count). The monoisotopic (exact) mass is 235 g/mol. The highest BCUT2D eigenvalue weighted by Crippen LogP contribution is 2.18. The van der Waals surface area contributed by atoms with E-state index in [1.807, 2.05) is 6.92 Å². The largest absolute Gasteiger partial charge is 0.455 e. The fourth-order valence-electron chi connectivity index (χ4n) is 1.31. The van der Waals surface area contributed by atoms with Gasteiger partial charge in [-0.25, -0.2) is 0 Å². The molecule has 1 amide bonds. The summed E-state index contributed by atoms with van der Waals surface area (Å²) in [5.41, 5.74) is 6.92. The molecule has 2 aromatic heterocycles. The number of nitrogens with zero attached hydrogens (tertiary/aromatic N) is 1. The maximum atomic E-state index is 11.8. The number of nitrogens with two attached hydrogens (primary N) is 1. The number of carbonyl (C=O) groups is 1. The van der Waals surface area contributed by atoms with Gasteiger partial charge in [0.2, 0.25) is 5.88 Å². The van der Waals surface area contributed by atoms with Crippen LogP contribution in [0.2, 0.25) is 0 Å². The van der Waals surface area contributed by atoms with E-state index in [4.69, 9.17) is 14.7 Å². The second kappa shape index (κ2) is 4.42. The highest BCUT2D eigenvalue weighted by atomic mass is 16.5. The van der Waals surface area contributed by atoms with Gasteiger partial charge in [0, 0.05) is 5.56 Å². The molecular weight excluding hydrogens is 222 g/mol. The van der Waals surface area contributed by atoms with Crippen molar-refractivity contribution in [2.24, 2.45) is 5.73 Å². The molecule has 0 bridgehead atoms. The summed E-state index contributed by atoms with van der Waals surface area (Å²) in [6.07, 6.45) is 0. The van der Waals surface area contributed by atoms with Crippen LogP contribution < -0.4 is 11.1 Å². The number of anilines is 1. The van der Waals surface area contributed by atoms with Crippen LogP contribution in [0.25, 0.3) is 0 Å². The second-order valence-corrected chi connectivity index (χ2v) is 3.65. The molecular formula is C11H13N3O3. The number of rotatable bonds is 3. The molecule has 0 unspecified atom stereocenters. The molecule has 0 atom stereocenters. The Hall–Kier alpha value is -2.08. The lowest BCUT2D eigenvalue weighted by Crippen LogP contribution is -2.11. The smallest absolute Gasteiger partial charge is 0.293 e. The maximum Gasteiger partial charge on any atom is 0.293 e. The van der Waals surface area contributed by atoms with Gasteiger partial charge >= 0.3 is 0 Å². The molecule has 0 spiro atoms. The van der Waals surface area contributed by atoms with Crippen molar-refractivity contribution in [1.29, 1.82) is 0 Å². The van der Waals surface area contributed by atoms with Crippen molar-refractivity contribution in [3.05, 3.63) is 34.9 Å². The van der Waals surface area contributed by atoms with Gasteiger partial charge in [0.15, 0.2) is 5.76 Å². The summed E-state index contributed by atoms with van der Waals surface area (Å²) in [5.74, 6) is 0.696. The van der Waals surface area contributed by atoms with E-state index in [0.29, 0.717) is 11.6 Å². The molecule has 17 heavy (non-hydrogen) atoms. The molecule has 6 heteroatoms. The summed E-state index contributed by atoms with van der Waals surface area (Å²) in [6.45, 7) is 3.87. The number of carbonyl (C=O) groups excluding carboxylic acids is 1. The summed E-state index contributed by atoms with van der Waals surface area (Å²) in [5, 5.41) is 6.33. The van der Waals surface area contributed by atoms with Gasteiger partial charge in [0.05, 0.1) is 12.2 Å². The SMILES string of the molecule is Cc1noc(NC(=O)c2ccc(CN)o2)c1C. The van der Waals surface area contributed by atoms with Gasteiger partial charge in [-0.15, -0.1) is 0 Å². The molecule has 0 aliphatic rings.